The molecule has 6 nitrogen and oxygen atoms in total. The zero-order valence-electron chi connectivity index (χ0n) is 13.7. The Kier molecular flexibility index (Phi) is 4.50. The van der Waals surface area contributed by atoms with E-state index < -0.39 is 0 Å². The summed E-state index contributed by atoms with van der Waals surface area (Å²) < 4.78 is 1.09. The van der Waals surface area contributed by atoms with Crippen molar-refractivity contribution in [3.05, 3.63) is 35.0 Å². The molecule has 25 heavy (non-hydrogen) atoms. The van der Waals surface area contributed by atoms with Crippen molar-refractivity contribution in [3.8, 4) is 0 Å². The van der Waals surface area contributed by atoms with Crippen molar-refractivity contribution in [2.45, 2.75) is 44.2 Å². The Hall–Kier alpha value is -2.25. The zero-order chi connectivity index (χ0) is 17.2. The number of nitrogens with one attached hydrogen (secondary N) is 2. The van der Waals surface area contributed by atoms with Gasteiger partial charge in [-0.3, -0.25) is 10.1 Å². The van der Waals surface area contributed by atoms with Crippen LogP contribution in [0.1, 0.15) is 37.7 Å². The zero-order valence-corrected chi connectivity index (χ0v) is 14.6. The number of hydrogen-bond donors (Lipinski definition) is 3. The van der Waals surface area contributed by atoms with Gasteiger partial charge in [0.15, 0.2) is 0 Å². The lowest BCUT2D eigenvalue weighted by Crippen LogP contribution is -2.28. The minimum absolute atomic E-state index is 0.0493. The molecule has 1 aliphatic carbocycles. The average molecular weight is 356 g/mol. The van der Waals surface area contributed by atoms with Gasteiger partial charge < -0.3 is 10.4 Å². The summed E-state index contributed by atoms with van der Waals surface area (Å²) in [5.41, 5.74) is 4.20. The van der Waals surface area contributed by atoms with Crippen LogP contribution in [-0.4, -0.2) is 34.1 Å². The number of nitrogens with zero attached hydrogens (tertiary/aromatic N) is 2. The fourth-order valence-electron chi connectivity index (χ4n) is 3.29. The highest BCUT2D eigenvalue weighted by molar-refractivity contribution is 7.16. The van der Waals surface area contributed by atoms with Crippen LogP contribution in [0.3, 0.4) is 0 Å². The first-order chi connectivity index (χ1) is 12.2. The number of aliphatic imine (C=N–C) groups is 1. The molecule has 0 unspecified atom stereocenters. The molecule has 130 valence electrons. The maximum Gasteiger partial charge on any atom is 0.274 e. The van der Waals surface area contributed by atoms with E-state index in [0.29, 0.717) is 18.1 Å². The molecular formula is C18H20N4O2S. The largest absolute Gasteiger partial charge is 0.393 e. The monoisotopic (exact) mass is 356 g/mol. The molecule has 1 saturated carbocycles. The first-order valence-corrected chi connectivity index (χ1v) is 9.44. The molecular weight excluding hydrogens is 336 g/mol. The van der Waals surface area contributed by atoms with E-state index >= 15 is 0 Å². The number of carbonyl (C=O) groups excluding carboxylic acids is 1. The van der Waals surface area contributed by atoms with Gasteiger partial charge in [-0.05, 0) is 43.0 Å². The number of amides is 1. The third-order valence-electron chi connectivity index (χ3n) is 4.58. The van der Waals surface area contributed by atoms with Gasteiger partial charge in [0.05, 0.1) is 27.9 Å². The fraction of sp³-hybridized carbons (Fsp3) is 0.389. The summed E-state index contributed by atoms with van der Waals surface area (Å²) >= 11 is 1.58. The Morgan fingerprint density at radius 3 is 3.08 bits per heavy atom. The first kappa shape index (κ1) is 16.2. The Bertz CT molecular complexity index is 858. The maximum absolute atomic E-state index is 12.2. The van der Waals surface area contributed by atoms with E-state index in [9.17, 15) is 9.90 Å². The lowest BCUT2D eigenvalue weighted by atomic mass is 10.1. The molecule has 1 aromatic heterocycles. The van der Waals surface area contributed by atoms with Crippen molar-refractivity contribution in [1.29, 1.82) is 0 Å². The van der Waals surface area contributed by atoms with E-state index in [2.05, 4.69) is 20.6 Å². The van der Waals surface area contributed by atoms with E-state index in [1.807, 2.05) is 29.8 Å². The molecule has 4 rings (SSSR count). The molecule has 2 atom stereocenters. The van der Waals surface area contributed by atoms with Gasteiger partial charge in [0, 0.05) is 0 Å². The number of thiazole rings is 1. The molecule has 1 saturated heterocycles. The van der Waals surface area contributed by atoms with Crippen LogP contribution in [0.25, 0.3) is 16.3 Å². The summed E-state index contributed by atoms with van der Waals surface area (Å²) in [7, 11) is 0. The lowest BCUT2D eigenvalue weighted by molar-refractivity contribution is -0.115. The van der Waals surface area contributed by atoms with Crippen molar-refractivity contribution < 1.29 is 9.90 Å². The van der Waals surface area contributed by atoms with Gasteiger partial charge in [0.1, 0.15) is 5.70 Å². The first-order valence-electron chi connectivity index (χ1n) is 8.56. The van der Waals surface area contributed by atoms with Crippen LogP contribution in [0.15, 0.2) is 34.4 Å². The summed E-state index contributed by atoms with van der Waals surface area (Å²) in [6.07, 6.45) is 6.06. The van der Waals surface area contributed by atoms with E-state index in [0.717, 1.165) is 41.5 Å². The van der Waals surface area contributed by atoms with E-state index in [-0.39, 0.29) is 18.1 Å². The molecule has 3 N–H and O–H groups in total. The number of aliphatic hydroxyl groups is 1. The second-order valence-electron chi connectivity index (χ2n) is 6.52. The van der Waals surface area contributed by atoms with Crippen molar-refractivity contribution in [2.75, 3.05) is 0 Å². The summed E-state index contributed by atoms with van der Waals surface area (Å²) in [4.78, 5) is 21.0. The van der Waals surface area contributed by atoms with Gasteiger partial charge in [-0.25, -0.2) is 9.98 Å². The van der Waals surface area contributed by atoms with Crippen LogP contribution in [0.5, 0.6) is 0 Å². The summed E-state index contributed by atoms with van der Waals surface area (Å²) in [5, 5.41) is 15.8. The number of carbonyl (C=O) groups is 1. The van der Waals surface area contributed by atoms with Crippen molar-refractivity contribution in [3.63, 3.8) is 0 Å². The molecule has 0 bridgehead atoms. The lowest BCUT2D eigenvalue weighted by Gasteiger charge is -2.12. The third-order valence-corrected chi connectivity index (χ3v) is 5.37. The molecule has 2 heterocycles. The van der Waals surface area contributed by atoms with Gasteiger partial charge in [-0.2, -0.15) is 0 Å². The van der Waals surface area contributed by atoms with Gasteiger partial charge in [0.2, 0.25) is 5.96 Å². The molecule has 2 aromatic rings. The quantitative estimate of drug-likeness (QED) is 0.570. The smallest absolute Gasteiger partial charge is 0.274 e. The van der Waals surface area contributed by atoms with E-state index in [1.165, 1.54) is 0 Å². The number of benzene rings is 1. The molecule has 0 spiro atoms. The molecule has 1 aromatic carbocycles. The van der Waals surface area contributed by atoms with Gasteiger partial charge in [0.25, 0.3) is 5.91 Å². The number of guanidine groups is 1. The standard InChI is InChI=1S/C18H20N4O2S/c23-13-4-2-1-3-12(9-13)20-18-21-15(17(24)22-18)7-11-5-6-14-16(8-11)25-10-19-14/h5-8,10,12-13,23H,1-4,9H2,(H2,20,21,22,24)/b15-7-/t12-,13-/m1/s1. The van der Waals surface area contributed by atoms with Gasteiger partial charge >= 0.3 is 0 Å². The van der Waals surface area contributed by atoms with Gasteiger partial charge in [-0.15, -0.1) is 11.3 Å². The minimum Gasteiger partial charge on any atom is -0.393 e. The highest BCUT2D eigenvalue weighted by Crippen LogP contribution is 2.22. The normalized spacial score (nSPS) is 27.5. The molecule has 1 amide bonds. The summed E-state index contributed by atoms with van der Waals surface area (Å²) in [6.45, 7) is 0. The van der Waals surface area contributed by atoms with Crippen molar-refractivity contribution in [2.24, 2.45) is 4.99 Å². The van der Waals surface area contributed by atoms with Crippen LogP contribution in [0.4, 0.5) is 0 Å². The molecule has 2 fully saturated rings. The van der Waals surface area contributed by atoms with E-state index in [1.54, 1.807) is 11.3 Å². The number of rotatable bonds is 2. The number of aliphatic hydroxyl groups excluding tert-OH is 1. The van der Waals surface area contributed by atoms with E-state index in [4.69, 9.17) is 0 Å². The fourth-order valence-corrected chi connectivity index (χ4v) is 4.02. The third kappa shape index (κ3) is 3.72. The average Bonchev–Trinajstić information content (AvgIpc) is 3.11. The molecule has 1 aliphatic heterocycles. The Labute approximate surface area is 149 Å². The Balaban J connectivity index is 1.52. The number of fused-ring (bicyclic) bond motifs is 1. The highest BCUT2D eigenvalue weighted by Gasteiger charge is 2.24. The summed E-state index contributed by atoms with van der Waals surface area (Å²) in [6, 6.07) is 5.97. The maximum atomic E-state index is 12.2. The highest BCUT2D eigenvalue weighted by atomic mass is 32.1. The van der Waals surface area contributed by atoms with Crippen LogP contribution in [0.2, 0.25) is 0 Å². The van der Waals surface area contributed by atoms with Gasteiger partial charge in [-0.1, -0.05) is 18.9 Å². The number of hydrogen-bond acceptors (Lipinski definition) is 5. The minimum atomic E-state index is -0.296. The Morgan fingerprint density at radius 1 is 1.28 bits per heavy atom. The van der Waals surface area contributed by atoms with Crippen LogP contribution >= 0.6 is 11.3 Å². The van der Waals surface area contributed by atoms with Crippen LogP contribution < -0.4 is 10.6 Å². The summed E-state index contributed by atoms with van der Waals surface area (Å²) in [5.74, 6) is 0.298. The van der Waals surface area contributed by atoms with Crippen LogP contribution in [0, 0.1) is 0 Å². The second-order valence-corrected chi connectivity index (χ2v) is 7.41. The molecule has 0 radical (unpaired) electrons. The second kappa shape index (κ2) is 6.93. The van der Waals surface area contributed by atoms with Crippen molar-refractivity contribution in [1.82, 2.24) is 15.6 Å². The Morgan fingerprint density at radius 2 is 2.16 bits per heavy atom. The predicted molar refractivity (Wildman–Crippen MR) is 99.2 cm³/mol. The van der Waals surface area contributed by atoms with Crippen molar-refractivity contribution >= 4 is 39.5 Å². The van der Waals surface area contributed by atoms with Crippen LogP contribution in [-0.2, 0) is 4.79 Å². The number of aromatic nitrogens is 1. The predicted octanol–water partition coefficient (Wildman–Crippen LogP) is 2.41. The molecule has 7 heteroatoms. The molecule has 2 aliphatic rings. The topological polar surface area (TPSA) is 86.6 Å². The SMILES string of the molecule is O=C1NC(=N[C@@H]2CCCC[C@@H](O)C2)N/C1=C\c1ccc2ncsc2c1.